The fraction of sp³-hybridized carbons (Fsp3) is 0.200. The number of allylic oxidation sites excluding steroid dienone is 3. The van der Waals surface area contributed by atoms with Crippen molar-refractivity contribution in [2.75, 3.05) is 19.3 Å². The smallest absolute Gasteiger partial charge is 0.231 e. The number of ether oxygens (including phenoxy) is 4. The Morgan fingerprint density at radius 1 is 0.818 bits per heavy atom. The fourth-order valence-corrected chi connectivity index (χ4v) is 6.30. The lowest BCUT2D eigenvalue weighted by molar-refractivity contribution is -0.116. The van der Waals surface area contributed by atoms with E-state index < -0.39 is 0 Å². The molecule has 168 valence electrons. The second kappa shape index (κ2) is 9.41. The van der Waals surface area contributed by atoms with Crippen LogP contribution in [0.15, 0.2) is 58.4 Å². The summed E-state index contributed by atoms with van der Waals surface area (Å²) in [7, 11) is 0. The number of thioether (sulfide) groups is 2. The number of hydrogen-bond donors (Lipinski definition) is 0. The summed E-state index contributed by atoms with van der Waals surface area (Å²) < 4.78 is 22.2. The van der Waals surface area contributed by atoms with Gasteiger partial charge < -0.3 is 18.9 Å². The highest BCUT2D eigenvalue weighted by molar-refractivity contribution is 8.25. The molecule has 33 heavy (non-hydrogen) atoms. The maximum Gasteiger partial charge on any atom is 0.231 e. The second-order valence-corrected chi connectivity index (χ2v) is 10.3. The third kappa shape index (κ3) is 4.82. The molecule has 0 N–H and O–H groups in total. The zero-order chi connectivity index (χ0) is 22.8. The monoisotopic (exact) mass is 480 g/mol. The lowest BCUT2D eigenvalue weighted by atomic mass is 10.1. The summed E-state index contributed by atoms with van der Waals surface area (Å²) in [5.74, 6) is 2.86. The predicted molar refractivity (Wildman–Crippen MR) is 130 cm³/mol. The van der Waals surface area contributed by atoms with Crippen LogP contribution in [0.2, 0.25) is 0 Å². The first kappa shape index (κ1) is 21.7. The molecule has 0 aliphatic carbocycles. The fourth-order valence-electron chi connectivity index (χ4n) is 3.44. The van der Waals surface area contributed by atoms with E-state index in [0.29, 0.717) is 28.2 Å². The van der Waals surface area contributed by atoms with Crippen LogP contribution in [0.3, 0.4) is 0 Å². The molecule has 2 aromatic rings. The predicted octanol–water partition coefficient (Wildman–Crippen LogP) is 5.09. The first-order valence-electron chi connectivity index (χ1n) is 10.3. The number of carbonyl (C=O) groups excluding carboxylic acids is 2. The SMILES string of the molecule is CC1CSC(=C(C(=O)C=Cc2ccc3c(c2)OCO3)C(=O)C=Cc2ccc3c(c2)OCO3)S1. The minimum atomic E-state index is -0.322. The highest BCUT2D eigenvalue weighted by Crippen LogP contribution is 2.44. The molecule has 1 fully saturated rings. The van der Waals surface area contributed by atoms with Gasteiger partial charge in [-0.2, -0.15) is 0 Å². The molecule has 6 nitrogen and oxygen atoms in total. The van der Waals surface area contributed by atoms with Crippen LogP contribution in [-0.4, -0.2) is 36.2 Å². The zero-order valence-corrected chi connectivity index (χ0v) is 19.4. The lowest BCUT2D eigenvalue weighted by Crippen LogP contribution is -2.10. The van der Waals surface area contributed by atoms with Crippen LogP contribution < -0.4 is 18.9 Å². The Hall–Kier alpha value is -3.10. The highest BCUT2D eigenvalue weighted by Gasteiger charge is 2.26. The van der Waals surface area contributed by atoms with Gasteiger partial charge in [-0.15, -0.1) is 23.5 Å². The standard InChI is InChI=1S/C25H20O6S2/c1-15-12-32-25(33-15)24(18(26)6-2-16-4-8-20-22(10-16)30-13-28-20)19(27)7-3-17-5-9-21-23(11-17)31-14-29-21/h2-11,15H,12-14H2,1H3. The first-order valence-corrected chi connectivity index (χ1v) is 12.2. The Bertz CT molecular complexity index is 1130. The summed E-state index contributed by atoms with van der Waals surface area (Å²) in [6.45, 7) is 2.46. The van der Waals surface area contributed by atoms with Gasteiger partial charge in [0, 0.05) is 11.0 Å². The Labute approximate surface area is 199 Å². The van der Waals surface area contributed by atoms with E-state index in [0.717, 1.165) is 21.1 Å². The molecule has 2 aromatic carbocycles. The molecule has 1 unspecified atom stereocenters. The Balaban J connectivity index is 1.37. The molecular weight excluding hydrogens is 460 g/mol. The molecule has 0 saturated carbocycles. The van der Waals surface area contributed by atoms with Gasteiger partial charge in [-0.3, -0.25) is 9.59 Å². The lowest BCUT2D eigenvalue weighted by Gasteiger charge is -2.05. The molecule has 0 aromatic heterocycles. The van der Waals surface area contributed by atoms with Crippen molar-refractivity contribution >= 4 is 47.2 Å². The molecule has 1 atom stereocenters. The van der Waals surface area contributed by atoms with Gasteiger partial charge >= 0.3 is 0 Å². The van der Waals surface area contributed by atoms with E-state index in [-0.39, 0.29) is 30.7 Å². The number of ketones is 2. The van der Waals surface area contributed by atoms with Gasteiger partial charge in [0.15, 0.2) is 34.6 Å². The van der Waals surface area contributed by atoms with Crippen LogP contribution in [0, 0.1) is 0 Å². The van der Waals surface area contributed by atoms with Gasteiger partial charge in [-0.05, 0) is 47.5 Å². The normalized spacial score (nSPS) is 18.5. The van der Waals surface area contributed by atoms with Gasteiger partial charge in [-0.25, -0.2) is 0 Å². The Kier molecular flexibility index (Phi) is 6.20. The van der Waals surface area contributed by atoms with Crippen molar-refractivity contribution in [3.8, 4) is 23.0 Å². The van der Waals surface area contributed by atoms with E-state index in [1.54, 1.807) is 59.9 Å². The minimum Gasteiger partial charge on any atom is -0.454 e. The summed E-state index contributed by atoms with van der Waals surface area (Å²) in [5.41, 5.74) is 1.78. The van der Waals surface area contributed by atoms with Crippen molar-refractivity contribution < 1.29 is 28.5 Å². The minimum absolute atomic E-state index is 0.189. The summed E-state index contributed by atoms with van der Waals surface area (Å²) in [6, 6.07) is 10.9. The van der Waals surface area contributed by atoms with Crippen LogP contribution in [0.25, 0.3) is 12.2 Å². The van der Waals surface area contributed by atoms with Crippen molar-refractivity contribution in [3.63, 3.8) is 0 Å². The molecule has 3 heterocycles. The van der Waals surface area contributed by atoms with E-state index >= 15 is 0 Å². The first-order chi connectivity index (χ1) is 16.1. The molecule has 0 amide bonds. The maximum absolute atomic E-state index is 13.1. The number of fused-ring (bicyclic) bond motifs is 2. The average Bonchev–Trinajstić information content (AvgIpc) is 3.56. The van der Waals surface area contributed by atoms with E-state index in [2.05, 4.69) is 6.92 Å². The largest absolute Gasteiger partial charge is 0.454 e. The van der Waals surface area contributed by atoms with E-state index in [1.807, 2.05) is 12.1 Å². The van der Waals surface area contributed by atoms with Gasteiger partial charge in [0.2, 0.25) is 13.6 Å². The number of benzene rings is 2. The summed E-state index contributed by atoms with van der Waals surface area (Å²) in [5, 5.41) is 0.344. The third-order valence-corrected chi connectivity index (χ3v) is 8.08. The summed E-state index contributed by atoms with van der Waals surface area (Å²) in [6.07, 6.45) is 6.26. The van der Waals surface area contributed by atoms with Crippen molar-refractivity contribution in [2.45, 2.75) is 12.2 Å². The van der Waals surface area contributed by atoms with Gasteiger partial charge in [-0.1, -0.05) is 31.2 Å². The Morgan fingerprint density at radius 3 is 1.82 bits per heavy atom. The molecule has 5 rings (SSSR count). The van der Waals surface area contributed by atoms with Crippen LogP contribution in [0.1, 0.15) is 18.1 Å². The van der Waals surface area contributed by atoms with Crippen molar-refractivity contribution in [1.29, 1.82) is 0 Å². The molecular formula is C25H20O6S2. The maximum atomic E-state index is 13.1. The summed E-state index contributed by atoms with van der Waals surface area (Å²) in [4.78, 5) is 26.3. The molecule has 3 aliphatic heterocycles. The highest BCUT2D eigenvalue weighted by atomic mass is 32.2. The number of carbonyl (C=O) groups is 2. The van der Waals surface area contributed by atoms with Gasteiger partial charge in [0.05, 0.1) is 9.81 Å². The second-order valence-electron chi connectivity index (χ2n) is 7.52. The molecule has 0 radical (unpaired) electrons. The van der Waals surface area contributed by atoms with Crippen LogP contribution in [-0.2, 0) is 9.59 Å². The topological polar surface area (TPSA) is 71.1 Å². The Morgan fingerprint density at radius 2 is 1.33 bits per heavy atom. The van der Waals surface area contributed by atoms with Gasteiger partial charge in [0.25, 0.3) is 0 Å². The van der Waals surface area contributed by atoms with Crippen molar-refractivity contribution in [3.05, 3.63) is 69.5 Å². The van der Waals surface area contributed by atoms with E-state index in [1.165, 1.54) is 12.2 Å². The van der Waals surface area contributed by atoms with Crippen molar-refractivity contribution in [2.24, 2.45) is 0 Å². The number of hydrogen-bond acceptors (Lipinski definition) is 8. The van der Waals surface area contributed by atoms with Crippen molar-refractivity contribution in [1.82, 2.24) is 0 Å². The molecule has 0 bridgehead atoms. The third-order valence-electron chi connectivity index (χ3n) is 5.10. The van der Waals surface area contributed by atoms with E-state index in [9.17, 15) is 9.59 Å². The zero-order valence-electron chi connectivity index (χ0n) is 17.7. The van der Waals surface area contributed by atoms with Crippen LogP contribution in [0.5, 0.6) is 23.0 Å². The summed E-state index contributed by atoms with van der Waals surface area (Å²) >= 11 is 3.12. The van der Waals surface area contributed by atoms with E-state index in [4.69, 9.17) is 18.9 Å². The van der Waals surface area contributed by atoms with Gasteiger partial charge in [0.1, 0.15) is 0 Å². The average molecular weight is 481 g/mol. The quantitative estimate of drug-likeness (QED) is 0.322. The van der Waals surface area contributed by atoms with Crippen LogP contribution >= 0.6 is 23.5 Å². The molecule has 8 heteroatoms. The molecule has 0 spiro atoms. The van der Waals surface area contributed by atoms with Crippen LogP contribution in [0.4, 0.5) is 0 Å². The number of rotatable bonds is 6. The molecule has 3 aliphatic rings. The molecule has 1 saturated heterocycles.